The predicted octanol–water partition coefficient (Wildman–Crippen LogP) is 3.95. The molecule has 2 fully saturated rings. The maximum Gasteiger partial charge on any atom is 0.217 e. The van der Waals surface area contributed by atoms with Gasteiger partial charge in [0.1, 0.15) is 5.01 Å². The summed E-state index contributed by atoms with van der Waals surface area (Å²) in [5.74, 6) is 0. The van der Waals surface area contributed by atoms with E-state index in [9.17, 15) is 8.42 Å². The first-order valence-electron chi connectivity index (χ1n) is 8.44. The first kappa shape index (κ1) is 16.4. The summed E-state index contributed by atoms with van der Waals surface area (Å²) in [6.45, 7) is 4.75. The summed E-state index contributed by atoms with van der Waals surface area (Å²) >= 11 is 1.67. The van der Waals surface area contributed by atoms with E-state index in [0.717, 1.165) is 55.6 Å². The topological polar surface area (TPSA) is 50.3 Å². The van der Waals surface area contributed by atoms with Crippen LogP contribution in [0, 0.1) is 13.8 Å². The third kappa shape index (κ3) is 3.10. The predicted molar refractivity (Wildman–Crippen MR) is 90.7 cm³/mol. The average Bonchev–Trinajstić information content (AvgIpc) is 2.87. The Kier molecular flexibility index (Phi) is 4.90. The quantitative estimate of drug-likeness (QED) is 0.836. The van der Waals surface area contributed by atoms with Gasteiger partial charge in [0.05, 0.1) is 17.0 Å². The molecule has 0 N–H and O–H groups in total. The van der Waals surface area contributed by atoms with Gasteiger partial charge in [-0.3, -0.25) is 0 Å². The van der Waals surface area contributed by atoms with Crippen molar-refractivity contribution < 1.29 is 8.42 Å². The van der Waals surface area contributed by atoms with Crippen molar-refractivity contribution in [1.82, 2.24) is 9.29 Å². The molecule has 1 aliphatic heterocycles. The summed E-state index contributed by atoms with van der Waals surface area (Å²) in [5.41, 5.74) is 1.04. The van der Waals surface area contributed by atoms with Crippen molar-refractivity contribution in [2.45, 2.75) is 76.5 Å². The Hall–Kier alpha value is -0.460. The minimum Gasteiger partial charge on any atom is -0.245 e. The van der Waals surface area contributed by atoms with E-state index in [2.05, 4.69) is 11.9 Å². The summed E-state index contributed by atoms with van der Waals surface area (Å²) in [6, 6.07) is -0.0296. The fourth-order valence-electron chi connectivity index (χ4n) is 3.65. The number of rotatable bonds is 3. The molecule has 4 nitrogen and oxygen atoms in total. The lowest BCUT2D eigenvalue weighted by Crippen LogP contribution is -2.44. The van der Waals surface area contributed by atoms with Gasteiger partial charge < -0.3 is 0 Å². The molecule has 0 amide bonds. The van der Waals surface area contributed by atoms with Crippen LogP contribution in [0.5, 0.6) is 0 Å². The number of aryl methyl sites for hydroxylation is 2. The van der Waals surface area contributed by atoms with Crippen LogP contribution in [0.3, 0.4) is 0 Å². The highest BCUT2D eigenvalue weighted by Crippen LogP contribution is 2.38. The van der Waals surface area contributed by atoms with Crippen LogP contribution >= 0.6 is 11.3 Å². The van der Waals surface area contributed by atoms with Crippen molar-refractivity contribution in [2.24, 2.45) is 0 Å². The molecular formula is C16H26N2O2S2. The third-order valence-corrected chi connectivity index (χ3v) is 8.66. The fourth-order valence-corrected chi connectivity index (χ4v) is 7.04. The van der Waals surface area contributed by atoms with Gasteiger partial charge >= 0.3 is 0 Å². The van der Waals surface area contributed by atoms with Gasteiger partial charge in [-0.05, 0) is 39.5 Å². The highest BCUT2D eigenvalue weighted by molar-refractivity contribution is 7.89. The molecule has 2 aliphatic rings. The van der Waals surface area contributed by atoms with E-state index in [1.165, 1.54) is 11.3 Å². The molecule has 0 bridgehead atoms. The Morgan fingerprint density at radius 1 is 1.05 bits per heavy atom. The summed E-state index contributed by atoms with van der Waals surface area (Å²) < 4.78 is 28.0. The molecule has 1 aliphatic carbocycles. The Balaban J connectivity index is 1.88. The number of aromatic nitrogens is 1. The Morgan fingerprint density at radius 2 is 1.73 bits per heavy atom. The number of piperidine rings is 1. The minimum atomic E-state index is -3.19. The molecule has 0 aromatic carbocycles. The molecule has 0 unspecified atom stereocenters. The number of hydrogen-bond acceptors (Lipinski definition) is 4. The molecule has 1 aromatic heterocycles. The summed E-state index contributed by atoms with van der Waals surface area (Å²) in [7, 11) is -3.19. The molecule has 1 aromatic rings. The van der Waals surface area contributed by atoms with Crippen LogP contribution in [0.4, 0.5) is 0 Å². The zero-order valence-electron chi connectivity index (χ0n) is 13.5. The Labute approximate surface area is 138 Å². The Bertz CT molecular complexity index is 599. The zero-order chi connectivity index (χ0) is 15.7. The molecule has 0 radical (unpaired) electrons. The minimum absolute atomic E-state index is 0.0296. The summed E-state index contributed by atoms with van der Waals surface area (Å²) in [5, 5.41) is 0.832. The third-order valence-electron chi connectivity index (χ3n) is 5.08. The second-order valence-electron chi connectivity index (χ2n) is 6.62. The van der Waals surface area contributed by atoms with Gasteiger partial charge in [-0.15, -0.1) is 11.3 Å². The standard InChI is InChI=1S/C16H26N2O2S2/c1-12-13(2)21-16(17-12)15-10-6-7-11-18(15)22(19,20)14-8-4-3-5-9-14/h14-15H,3-11H2,1-2H3/t15-/m0/s1. The number of thiazole rings is 1. The van der Waals surface area contributed by atoms with Crippen LogP contribution in [0.15, 0.2) is 0 Å². The largest absolute Gasteiger partial charge is 0.245 e. The SMILES string of the molecule is Cc1nc([C@@H]2CCCCN2S(=O)(=O)C2CCCCC2)sc1C. The van der Waals surface area contributed by atoms with Crippen LogP contribution in [0.1, 0.15) is 73.0 Å². The van der Waals surface area contributed by atoms with Crippen molar-refractivity contribution in [3.8, 4) is 0 Å². The second kappa shape index (κ2) is 6.57. The van der Waals surface area contributed by atoms with Gasteiger partial charge in [0.25, 0.3) is 0 Å². The van der Waals surface area contributed by atoms with Crippen molar-refractivity contribution in [1.29, 1.82) is 0 Å². The van der Waals surface area contributed by atoms with Gasteiger partial charge in [0.2, 0.25) is 10.0 Å². The number of hydrogen-bond donors (Lipinski definition) is 0. The Morgan fingerprint density at radius 3 is 2.36 bits per heavy atom. The van der Waals surface area contributed by atoms with Gasteiger partial charge in [0.15, 0.2) is 0 Å². The van der Waals surface area contributed by atoms with Crippen molar-refractivity contribution in [3.05, 3.63) is 15.6 Å². The number of sulfonamides is 1. The first-order valence-corrected chi connectivity index (χ1v) is 10.8. The van der Waals surface area contributed by atoms with E-state index in [1.807, 2.05) is 6.92 Å². The molecular weight excluding hydrogens is 316 g/mol. The first-order chi connectivity index (χ1) is 10.5. The molecule has 2 heterocycles. The lowest BCUT2D eigenvalue weighted by molar-refractivity contribution is 0.249. The van der Waals surface area contributed by atoms with Crippen molar-refractivity contribution >= 4 is 21.4 Å². The van der Waals surface area contributed by atoms with Crippen molar-refractivity contribution in [2.75, 3.05) is 6.54 Å². The highest BCUT2D eigenvalue weighted by atomic mass is 32.2. The molecule has 3 rings (SSSR count). The van der Waals surface area contributed by atoms with E-state index in [-0.39, 0.29) is 11.3 Å². The molecule has 124 valence electrons. The van der Waals surface area contributed by atoms with E-state index < -0.39 is 10.0 Å². The molecule has 1 saturated carbocycles. The van der Waals surface area contributed by atoms with Gasteiger partial charge in [-0.2, -0.15) is 4.31 Å². The lowest BCUT2D eigenvalue weighted by atomic mass is 10.0. The maximum absolute atomic E-state index is 13.1. The zero-order valence-corrected chi connectivity index (χ0v) is 15.2. The highest BCUT2D eigenvalue weighted by Gasteiger charge is 2.39. The van der Waals surface area contributed by atoms with Gasteiger partial charge in [-0.1, -0.05) is 25.7 Å². The number of nitrogens with zero attached hydrogens (tertiary/aromatic N) is 2. The molecule has 1 saturated heterocycles. The summed E-state index contributed by atoms with van der Waals surface area (Å²) in [4.78, 5) is 5.86. The van der Waals surface area contributed by atoms with E-state index >= 15 is 0 Å². The second-order valence-corrected chi connectivity index (χ2v) is 10.0. The van der Waals surface area contributed by atoms with Crippen molar-refractivity contribution in [3.63, 3.8) is 0 Å². The molecule has 22 heavy (non-hydrogen) atoms. The van der Waals surface area contributed by atoms with E-state index in [4.69, 9.17) is 0 Å². The molecule has 0 spiro atoms. The normalized spacial score (nSPS) is 25.5. The van der Waals surface area contributed by atoms with Crippen LogP contribution < -0.4 is 0 Å². The molecule has 1 atom stereocenters. The lowest BCUT2D eigenvalue weighted by Gasteiger charge is -2.37. The van der Waals surface area contributed by atoms with E-state index in [0.29, 0.717) is 6.54 Å². The average molecular weight is 343 g/mol. The van der Waals surface area contributed by atoms with E-state index in [1.54, 1.807) is 15.6 Å². The molecule has 6 heteroatoms. The summed E-state index contributed by atoms with van der Waals surface area (Å²) in [6.07, 6.45) is 7.95. The van der Waals surface area contributed by atoms with Crippen LogP contribution in [-0.2, 0) is 10.0 Å². The maximum atomic E-state index is 13.1. The van der Waals surface area contributed by atoms with Gasteiger partial charge in [-0.25, -0.2) is 13.4 Å². The fraction of sp³-hybridized carbons (Fsp3) is 0.812. The monoisotopic (exact) mass is 342 g/mol. The van der Waals surface area contributed by atoms with Gasteiger partial charge in [0, 0.05) is 11.4 Å². The van der Waals surface area contributed by atoms with Crippen LogP contribution in [-0.4, -0.2) is 29.5 Å². The van der Waals surface area contributed by atoms with Crippen LogP contribution in [0.2, 0.25) is 0 Å². The smallest absolute Gasteiger partial charge is 0.217 e. The van der Waals surface area contributed by atoms with Crippen LogP contribution in [0.25, 0.3) is 0 Å².